The van der Waals surface area contributed by atoms with Crippen molar-refractivity contribution >= 4 is 0 Å². The molecule has 4 N–H and O–H groups in total. The van der Waals surface area contributed by atoms with Gasteiger partial charge < -0.3 is 5.11 Å². The first-order chi connectivity index (χ1) is 2.39. The van der Waals surface area contributed by atoms with Gasteiger partial charge in [0.1, 0.15) is 0 Å². The van der Waals surface area contributed by atoms with Crippen LogP contribution in [-0.2, 0) is 0 Å². The fourth-order valence-electron chi connectivity index (χ4n) is 0.137. The minimum absolute atomic E-state index is 0.546. The molecule has 0 spiro atoms. The highest BCUT2D eigenvalue weighted by Crippen LogP contribution is 1.64. The summed E-state index contributed by atoms with van der Waals surface area (Å²) in [6, 6.07) is 0. The molecule has 0 bridgehead atoms. The second-order valence-corrected chi connectivity index (χ2v) is 0.816. The molecular formula is CH5N3O. The molecule has 0 unspecified atom stereocenters. The Morgan fingerprint density at radius 1 is 1.40 bits per heavy atom. The van der Waals surface area contributed by atoms with Crippen molar-refractivity contribution in [2.24, 2.45) is 0 Å². The van der Waals surface area contributed by atoms with Crippen LogP contribution in [0.3, 0.4) is 0 Å². The molecule has 0 saturated carbocycles. The average molecular weight is 75.1 g/mol. The third kappa shape index (κ3) is 0.381. The molecule has 0 radical (unpaired) electrons. The highest BCUT2D eigenvalue weighted by Gasteiger charge is 2.06. The van der Waals surface area contributed by atoms with Crippen LogP contribution in [0.5, 0.6) is 0 Å². The third-order valence-corrected chi connectivity index (χ3v) is 0.418. The molecule has 0 amide bonds. The number of aliphatic hydroxyl groups excluding tert-OH is 1. The molecule has 1 rings (SSSR count). The van der Waals surface area contributed by atoms with E-state index >= 15 is 0 Å². The molecule has 0 atom stereocenters. The van der Waals surface area contributed by atoms with Crippen molar-refractivity contribution in [3.63, 3.8) is 0 Å². The van der Waals surface area contributed by atoms with Crippen LogP contribution in [0.1, 0.15) is 0 Å². The van der Waals surface area contributed by atoms with Crippen LogP contribution in [0.15, 0.2) is 0 Å². The Morgan fingerprint density at radius 2 is 1.80 bits per heavy atom. The van der Waals surface area contributed by atoms with E-state index in [9.17, 15) is 0 Å². The molecule has 30 valence electrons. The van der Waals surface area contributed by atoms with E-state index in [1.165, 1.54) is 0 Å². The summed E-state index contributed by atoms with van der Waals surface area (Å²) < 4.78 is 0. The van der Waals surface area contributed by atoms with Crippen molar-refractivity contribution in [1.82, 2.24) is 16.4 Å². The lowest BCUT2D eigenvalue weighted by molar-refractivity contribution is -0.0178. The summed E-state index contributed by atoms with van der Waals surface area (Å²) in [7, 11) is 0. The lowest BCUT2D eigenvalue weighted by atomic mass is 11.0. The molecule has 4 heteroatoms. The Balaban J connectivity index is 2.08. The van der Waals surface area contributed by atoms with Gasteiger partial charge in [0.25, 0.3) is 0 Å². The fraction of sp³-hybridized carbons (Fsp3) is 1.00. The number of rotatable bonds is 0. The van der Waals surface area contributed by atoms with Gasteiger partial charge in [-0.15, -0.1) is 0 Å². The van der Waals surface area contributed by atoms with Gasteiger partial charge >= 0.3 is 0 Å². The molecule has 0 aromatic heterocycles. The van der Waals surface area contributed by atoms with Crippen molar-refractivity contribution in [3.05, 3.63) is 0 Å². The Hall–Kier alpha value is -0.160. The van der Waals surface area contributed by atoms with Gasteiger partial charge in [-0.1, -0.05) is 0 Å². The maximum atomic E-state index is 8.16. The first-order valence-corrected chi connectivity index (χ1v) is 1.34. The molecule has 1 heterocycles. The van der Waals surface area contributed by atoms with Gasteiger partial charge in [-0.3, -0.25) is 0 Å². The highest BCUT2D eigenvalue weighted by atomic mass is 16.3. The van der Waals surface area contributed by atoms with Crippen molar-refractivity contribution in [3.8, 4) is 0 Å². The average Bonchev–Trinajstić information content (AvgIpc) is 1.30. The van der Waals surface area contributed by atoms with E-state index in [-0.39, 0.29) is 0 Å². The van der Waals surface area contributed by atoms with E-state index in [1.54, 1.807) is 0 Å². The van der Waals surface area contributed by atoms with Crippen molar-refractivity contribution < 1.29 is 5.11 Å². The quantitative estimate of drug-likeness (QED) is 0.266. The molecule has 1 aliphatic rings. The maximum Gasteiger partial charge on any atom is 0.188 e. The lowest BCUT2D eigenvalue weighted by Gasteiger charge is -2.24. The molecule has 0 aromatic rings. The highest BCUT2D eigenvalue weighted by molar-refractivity contribution is 4.45. The zero-order chi connectivity index (χ0) is 3.70. The summed E-state index contributed by atoms with van der Waals surface area (Å²) in [4.78, 5) is 0. The number of hydrazine groups is 2. The van der Waals surface area contributed by atoms with E-state index in [0.29, 0.717) is 0 Å². The summed E-state index contributed by atoms with van der Waals surface area (Å²) in [5.74, 6) is 0. The van der Waals surface area contributed by atoms with E-state index in [2.05, 4.69) is 16.4 Å². The predicted molar refractivity (Wildman–Crippen MR) is 15.4 cm³/mol. The summed E-state index contributed by atoms with van der Waals surface area (Å²) in [5.41, 5.74) is 7.22. The molecule has 5 heavy (non-hydrogen) atoms. The van der Waals surface area contributed by atoms with Crippen LogP contribution in [-0.4, -0.2) is 11.5 Å². The summed E-state index contributed by atoms with van der Waals surface area (Å²) in [5, 5.41) is 8.16. The maximum absolute atomic E-state index is 8.16. The summed E-state index contributed by atoms with van der Waals surface area (Å²) in [6.07, 6.45) is -0.546. The number of hydrogen-bond acceptors (Lipinski definition) is 4. The monoisotopic (exact) mass is 75.0 g/mol. The van der Waals surface area contributed by atoms with E-state index < -0.39 is 6.35 Å². The third-order valence-electron chi connectivity index (χ3n) is 0.418. The van der Waals surface area contributed by atoms with Crippen molar-refractivity contribution in [1.29, 1.82) is 0 Å². The Kier molecular flexibility index (Phi) is 0.553. The lowest BCUT2D eigenvalue weighted by Crippen LogP contribution is -2.69. The van der Waals surface area contributed by atoms with Gasteiger partial charge in [0.05, 0.1) is 0 Å². The zero-order valence-corrected chi connectivity index (χ0v) is 2.52. The van der Waals surface area contributed by atoms with Crippen LogP contribution in [0, 0.1) is 0 Å². The standard InChI is InChI=1S/CH5N3O/c5-1-2-4-3-1/h1-5H. The second-order valence-electron chi connectivity index (χ2n) is 0.816. The smallest absolute Gasteiger partial charge is 0.188 e. The second kappa shape index (κ2) is 0.908. The van der Waals surface area contributed by atoms with Crippen LogP contribution < -0.4 is 16.4 Å². The van der Waals surface area contributed by atoms with Crippen molar-refractivity contribution in [2.45, 2.75) is 6.35 Å². The number of hydrogen-bond donors (Lipinski definition) is 4. The van der Waals surface area contributed by atoms with Crippen LogP contribution in [0.4, 0.5) is 0 Å². The summed E-state index contributed by atoms with van der Waals surface area (Å²) in [6.45, 7) is 0. The molecule has 1 aliphatic heterocycles. The van der Waals surface area contributed by atoms with Crippen molar-refractivity contribution in [2.75, 3.05) is 0 Å². The van der Waals surface area contributed by atoms with Gasteiger partial charge in [-0.25, -0.2) is 10.9 Å². The Morgan fingerprint density at radius 3 is 1.80 bits per heavy atom. The molecule has 1 saturated heterocycles. The molecule has 1 fully saturated rings. The molecule has 0 aliphatic carbocycles. The van der Waals surface area contributed by atoms with Gasteiger partial charge in [0.15, 0.2) is 6.35 Å². The SMILES string of the molecule is OC1NNN1. The minimum Gasteiger partial charge on any atom is -0.363 e. The van der Waals surface area contributed by atoms with Crippen LogP contribution >= 0.6 is 0 Å². The molecular weight excluding hydrogens is 70.0 g/mol. The Bertz CT molecular complexity index is 33.9. The van der Waals surface area contributed by atoms with E-state index in [0.717, 1.165) is 0 Å². The zero-order valence-electron chi connectivity index (χ0n) is 2.52. The topological polar surface area (TPSA) is 56.3 Å². The summed E-state index contributed by atoms with van der Waals surface area (Å²) >= 11 is 0. The van der Waals surface area contributed by atoms with Gasteiger partial charge in [-0.05, 0) is 0 Å². The first-order valence-electron chi connectivity index (χ1n) is 1.34. The van der Waals surface area contributed by atoms with Crippen LogP contribution in [0.2, 0.25) is 0 Å². The number of nitrogens with one attached hydrogen (secondary N) is 3. The largest absolute Gasteiger partial charge is 0.363 e. The van der Waals surface area contributed by atoms with E-state index in [4.69, 9.17) is 5.11 Å². The van der Waals surface area contributed by atoms with Gasteiger partial charge in [0, 0.05) is 0 Å². The van der Waals surface area contributed by atoms with Gasteiger partial charge in [0.2, 0.25) is 0 Å². The Labute approximate surface area is 29.1 Å². The van der Waals surface area contributed by atoms with Gasteiger partial charge in [-0.2, -0.15) is 5.53 Å². The number of aliphatic hydroxyl groups is 1. The first kappa shape index (κ1) is 3.05. The molecule has 0 aromatic carbocycles. The predicted octanol–water partition coefficient (Wildman–Crippen LogP) is -2.13. The minimum atomic E-state index is -0.546. The van der Waals surface area contributed by atoms with Crippen LogP contribution in [0.25, 0.3) is 0 Å². The molecule has 4 nitrogen and oxygen atoms in total. The fourth-order valence-corrected chi connectivity index (χ4v) is 0.137. The van der Waals surface area contributed by atoms with E-state index in [1.807, 2.05) is 0 Å². The normalized spacial score (nSPS) is 25.8.